The molecular formula is C19H18N6O4. The number of pyridine rings is 1. The highest BCUT2D eigenvalue weighted by Gasteiger charge is 2.19. The number of hydrogen-bond acceptors (Lipinski definition) is 8. The molecule has 2 aromatic heterocycles. The number of nitrogens with zero attached hydrogens (tertiary/aromatic N) is 3. The van der Waals surface area contributed by atoms with Gasteiger partial charge in [-0.25, -0.2) is 9.78 Å². The van der Waals surface area contributed by atoms with E-state index >= 15 is 0 Å². The van der Waals surface area contributed by atoms with E-state index in [0.29, 0.717) is 5.82 Å². The number of carbonyl (C=O) groups is 2. The molecule has 0 saturated heterocycles. The fraction of sp³-hybridized carbons (Fsp3) is 0.105. The first kappa shape index (κ1) is 15.8. The Hall–Kier alpha value is -4.21. The molecule has 10 heteroatoms. The third-order valence-electron chi connectivity index (χ3n) is 3.76. The van der Waals surface area contributed by atoms with Crippen molar-refractivity contribution in [3.63, 3.8) is 0 Å². The lowest BCUT2D eigenvalue weighted by molar-refractivity contribution is 0.0693. The van der Waals surface area contributed by atoms with Crippen LogP contribution in [0.2, 0.25) is 0 Å². The molecule has 0 saturated carbocycles. The molecular weight excluding hydrogens is 376 g/mol. The van der Waals surface area contributed by atoms with E-state index in [9.17, 15) is 14.7 Å². The van der Waals surface area contributed by atoms with Crippen molar-refractivity contribution in [3.05, 3.63) is 59.9 Å². The molecule has 0 aliphatic carbocycles. The van der Waals surface area contributed by atoms with Gasteiger partial charge in [0.25, 0.3) is 5.91 Å². The predicted octanol–water partition coefficient (Wildman–Crippen LogP) is 2.43. The van der Waals surface area contributed by atoms with Crippen molar-refractivity contribution in [2.45, 2.75) is 0 Å². The lowest BCUT2D eigenvalue weighted by Gasteiger charge is -2.15. The lowest BCUT2D eigenvalue weighted by Crippen LogP contribution is -2.21. The third-order valence-corrected chi connectivity index (χ3v) is 3.76. The number of rotatable bonds is 7. The largest absolute Gasteiger partial charge is 0.494 e. The molecule has 29 heavy (non-hydrogen) atoms. The Bertz CT molecular complexity index is 1140. The maximum atomic E-state index is 12.5. The van der Waals surface area contributed by atoms with Crippen LogP contribution in [-0.2, 0) is 0 Å². The minimum Gasteiger partial charge on any atom is -0.494 e. The fourth-order valence-corrected chi connectivity index (χ4v) is 2.51. The summed E-state index contributed by atoms with van der Waals surface area (Å²) in [5.41, 5.74) is -0.163. The van der Waals surface area contributed by atoms with Crippen LogP contribution >= 0.6 is 0 Å². The van der Waals surface area contributed by atoms with Gasteiger partial charge in [0, 0.05) is 23.4 Å². The first-order valence-electron chi connectivity index (χ1n) is 9.73. The highest BCUT2D eigenvalue weighted by molar-refractivity contribution is 5.99. The molecule has 0 radical (unpaired) electrons. The van der Waals surface area contributed by atoms with E-state index in [1.807, 2.05) is 5.32 Å². The molecule has 0 fully saturated rings. The average molecular weight is 397 g/mol. The summed E-state index contributed by atoms with van der Waals surface area (Å²) >= 11 is 0. The normalized spacial score (nSPS) is 12.1. The summed E-state index contributed by atoms with van der Waals surface area (Å²) < 4.78 is 27.0. The van der Waals surface area contributed by atoms with Gasteiger partial charge in [-0.2, -0.15) is 0 Å². The van der Waals surface area contributed by atoms with E-state index in [-0.39, 0.29) is 34.2 Å². The van der Waals surface area contributed by atoms with Crippen LogP contribution in [0.4, 0.5) is 23.0 Å². The molecule has 10 nitrogen and oxygen atoms in total. The van der Waals surface area contributed by atoms with Gasteiger partial charge in [0.2, 0.25) is 0 Å². The van der Waals surface area contributed by atoms with Crippen LogP contribution in [0.15, 0.2) is 48.7 Å². The number of aromatic nitrogens is 3. The van der Waals surface area contributed by atoms with Crippen LogP contribution in [0, 0.1) is 0 Å². The van der Waals surface area contributed by atoms with Crippen LogP contribution in [0.5, 0.6) is 5.75 Å². The Balaban J connectivity index is 2.04. The van der Waals surface area contributed by atoms with Gasteiger partial charge in [-0.15, -0.1) is 10.2 Å². The summed E-state index contributed by atoms with van der Waals surface area (Å²) in [6.45, 7) is -2.75. The molecule has 1 aromatic carbocycles. The average Bonchev–Trinajstić information content (AvgIpc) is 2.73. The van der Waals surface area contributed by atoms with E-state index in [4.69, 9.17) is 8.85 Å². The van der Waals surface area contributed by atoms with Gasteiger partial charge >= 0.3 is 5.97 Å². The van der Waals surface area contributed by atoms with Crippen LogP contribution in [-0.4, -0.2) is 46.2 Å². The van der Waals surface area contributed by atoms with Gasteiger partial charge in [-0.05, 0) is 24.3 Å². The van der Waals surface area contributed by atoms with E-state index < -0.39 is 18.9 Å². The number of ether oxygens (including phenoxy) is 1. The Morgan fingerprint density at radius 3 is 2.62 bits per heavy atom. The van der Waals surface area contributed by atoms with E-state index in [2.05, 4.69) is 25.8 Å². The molecule has 0 bridgehead atoms. The second-order valence-corrected chi connectivity index (χ2v) is 5.60. The van der Waals surface area contributed by atoms with Crippen molar-refractivity contribution in [2.24, 2.45) is 0 Å². The summed E-state index contributed by atoms with van der Waals surface area (Å²) in [6, 6.07) is 10.9. The van der Waals surface area contributed by atoms with Gasteiger partial charge in [0.1, 0.15) is 11.4 Å². The highest BCUT2D eigenvalue weighted by atomic mass is 16.5. The van der Waals surface area contributed by atoms with Crippen LogP contribution in [0.3, 0.4) is 0 Å². The number of carbonyl (C=O) groups excluding carboxylic acids is 1. The minimum atomic E-state index is -2.75. The van der Waals surface area contributed by atoms with Crippen molar-refractivity contribution in [1.29, 1.82) is 0 Å². The Morgan fingerprint density at radius 2 is 1.93 bits per heavy atom. The number of nitrogens with one attached hydrogen (secondary N) is 3. The van der Waals surface area contributed by atoms with Gasteiger partial charge in [-0.1, -0.05) is 12.1 Å². The zero-order valence-electron chi connectivity index (χ0n) is 18.1. The Kier molecular flexibility index (Phi) is 4.72. The molecule has 0 spiro atoms. The lowest BCUT2D eigenvalue weighted by atomic mass is 10.1. The molecule has 0 atom stereocenters. The topological polar surface area (TPSA) is 138 Å². The zero-order valence-corrected chi connectivity index (χ0v) is 15.1. The Labute approximate surface area is 170 Å². The van der Waals surface area contributed by atoms with Crippen LogP contribution in [0.25, 0.3) is 0 Å². The van der Waals surface area contributed by atoms with Gasteiger partial charge in [0.05, 0.1) is 18.5 Å². The number of anilines is 4. The van der Waals surface area contributed by atoms with E-state index in [0.717, 1.165) is 0 Å². The fourth-order valence-electron chi connectivity index (χ4n) is 2.51. The third kappa shape index (κ3) is 4.38. The number of amides is 1. The summed E-state index contributed by atoms with van der Waals surface area (Å²) in [4.78, 5) is 28.1. The molecule has 2 heterocycles. The summed E-state index contributed by atoms with van der Waals surface area (Å²) in [5, 5.41) is 24.8. The van der Waals surface area contributed by atoms with Crippen molar-refractivity contribution in [1.82, 2.24) is 20.5 Å². The second kappa shape index (κ2) is 8.65. The second-order valence-electron chi connectivity index (χ2n) is 5.60. The van der Waals surface area contributed by atoms with E-state index in [1.165, 1.54) is 31.4 Å². The number of aromatic carboxylic acids is 1. The number of carboxylic acids is 1. The van der Waals surface area contributed by atoms with Gasteiger partial charge in [0.15, 0.2) is 17.3 Å². The zero-order chi connectivity index (χ0) is 23.3. The van der Waals surface area contributed by atoms with Crippen LogP contribution < -0.4 is 20.7 Å². The quantitative estimate of drug-likeness (QED) is 0.473. The van der Waals surface area contributed by atoms with Crippen molar-refractivity contribution in [3.8, 4) is 5.75 Å². The highest BCUT2D eigenvalue weighted by Crippen LogP contribution is 2.32. The predicted molar refractivity (Wildman–Crippen MR) is 106 cm³/mol. The van der Waals surface area contributed by atoms with Crippen LogP contribution in [0.1, 0.15) is 25.0 Å². The number of carboxylic acid groups (broad SMARTS) is 1. The Morgan fingerprint density at radius 1 is 1.07 bits per heavy atom. The SMILES string of the molecule is [2H]C([2H])([2H])NC(=O)c1nnc(Nc2ccccn2)cc1Nc1cccc(C(=O)O)c1OC. The standard InChI is InChI=1S/C19H18N6O4/c1-20-18(26)16-13(10-15(24-25-16)23-14-8-3-4-9-21-14)22-12-7-5-6-11(19(27)28)17(12)29-2/h3-10H,1-2H3,(H,20,26)(H,27,28)(H2,21,22,23,24)/i1D3. The molecule has 3 rings (SSSR count). The molecule has 0 unspecified atom stereocenters. The molecule has 0 aliphatic heterocycles. The first-order chi connectivity index (χ1) is 15.2. The number of benzene rings is 1. The molecule has 4 N–H and O–H groups in total. The monoisotopic (exact) mass is 397 g/mol. The first-order valence-corrected chi connectivity index (χ1v) is 8.23. The maximum absolute atomic E-state index is 12.5. The smallest absolute Gasteiger partial charge is 0.339 e. The number of para-hydroxylation sites is 1. The van der Waals surface area contributed by atoms with Crippen molar-refractivity contribution in [2.75, 3.05) is 24.7 Å². The van der Waals surface area contributed by atoms with Crippen molar-refractivity contribution < 1.29 is 23.5 Å². The van der Waals surface area contributed by atoms with Crippen molar-refractivity contribution >= 4 is 34.9 Å². The summed E-state index contributed by atoms with van der Waals surface area (Å²) in [7, 11) is 1.30. The summed E-state index contributed by atoms with van der Waals surface area (Å²) in [6.07, 6.45) is 1.56. The minimum absolute atomic E-state index is 0.0122. The van der Waals surface area contributed by atoms with Gasteiger partial charge in [-0.3, -0.25) is 4.79 Å². The number of hydrogen-bond donors (Lipinski definition) is 4. The van der Waals surface area contributed by atoms with Gasteiger partial charge < -0.3 is 25.8 Å². The molecule has 0 aliphatic rings. The summed E-state index contributed by atoms with van der Waals surface area (Å²) in [5.74, 6) is -1.55. The molecule has 148 valence electrons. The molecule has 3 aromatic rings. The van der Waals surface area contributed by atoms with E-state index in [1.54, 1.807) is 24.4 Å². The maximum Gasteiger partial charge on any atom is 0.339 e. The number of methoxy groups -OCH3 is 1. The molecule has 1 amide bonds.